The van der Waals surface area contributed by atoms with Crippen LogP contribution in [0.5, 0.6) is 0 Å². The van der Waals surface area contributed by atoms with Crippen molar-refractivity contribution >= 4 is 11.9 Å². The Kier molecular flexibility index (Phi) is 6.57. The van der Waals surface area contributed by atoms with Crippen LogP contribution in [0.3, 0.4) is 0 Å². The highest BCUT2D eigenvalue weighted by atomic mass is 16.6. The van der Waals surface area contributed by atoms with E-state index < -0.39 is 18.0 Å². The monoisotopic (exact) mass is 265 g/mol. The standard InChI is InChI=1S/C14H19NO4/c1-3-5-9-12(16)19-13(14(17)18-4-2)11-8-6-7-10-15-11/h6-8,10,13H,3-5,9H2,1-2H3. The minimum atomic E-state index is -1.08. The first-order valence-electron chi connectivity index (χ1n) is 6.46. The van der Waals surface area contributed by atoms with Gasteiger partial charge in [0.2, 0.25) is 6.10 Å². The lowest BCUT2D eigenvalue weighted by molar-refractivity contribution is -0.168. The molecule has 0 spiro atoms. The molecule has 1 unspecified atom stereocenters. The fourth-order valence-electron chi connectivity index (χ4n) is 1.49. The smallest absolute Gasteiger partial charge is 0.353 e. The Bertz CT molecular complexity index is 405. The van der Waals surface area contributed by atoms with Gasteiger partial charge in [-0.05, 0) is 25.5 Å². The Morgan fingerprint density at radius 3 is 2.68 bits per heavy atom. The van der Waals surface area contributed by atoms with Gasteiger partial charge in [-0.15, -0.1) is 0 Å². The number of aromatic nitrogens is 1. The summed E-state index contributed by atoms with van der Waals surface area (Å²) >= 11 is 0. The third-order valence-electron chi connectivity index (χ3n) is 2.44. The molecule has 5 nitrogen and oxygen atoms in total. The first-order valence-corrected chi connectivity index (χ1v) is 6.46. The van der Waals surface area contributed by atoms with Crippen LogP contribution >= 0.6 is 0 Å². The normalized spacial score (nSPS) is 11.7. The van der Waals surface area contributed by atoms with E-state index >= 15 is 0 Å². The summed E-state index contributed by atoms with van der Waals surface area (Å²) in [6.07, 6.45) is 2.38. The van der Waals surface area contributed by atoms with E-state index in [-0.39, 0.29) is 6.61 Å². The second-order valence-corrected chi connectivity index (χ2v) is 3.98. The second kappa shape index (κ2) is 8.24. The molecule has 104 valence electrons. The van der Waals surface area contributed by atoms with E-state index in [1.165, 1.54) is 0 Å². The third-order valence-corrected chi connectivity index (χ3v) is 2.44. The molecule has 1 rings (SSSR count). The predicted molar refractivity (Wildman–Crippen MR) is 69.2 cm³/mol. The van der Waals surface area contributed by atoms with Gasteiger partial charge in [0, 0.05) is 12.6 Å². The van der Waals surface area contributed by atoms with Crippen molar-refractivity contribution < 1.29 is 19.1 Å². The molecule has 0 amide bonds. The van der Waals surface area contributed by atoms with Crippen LogP contribution in [-0.4, -0.2) is 23.5 Å². The van der Waals surface area contributed by atoms with Gasteiger partial charge in [-0.3, -0.25) is 9.78 Å². The highest BCUT2D eigenvalue weighted by Crippen LogP contribution is 2.18. The summed E-state index contributed by atoms with van der Waals surface area (Å²) in [6, 6.07) is 5.09. The van der Waals surface area contributed by atoms with E-state index in [1.807, 2.05) is 6.92 Å². The lowest BCUT2D eigenvalue weighted by Crippen LogP contribution is -2.22. The highest BCUT2D eigenvalue weighted by molar-refractivity contribution is 5.80. The largest absolute Gasteiger partial charge is 0.463 e. The molecule has 0 N–H and O–H groups in total. The summed E-state index contributed by atoms with van der Waals surface area (Å²) in [5.74, 6) is -1.00. The van der Waals surface area contributed by atoms with E-state index in [9.17, 15) is 9.59 Å². The van der Waals surface area contributed by atoms with Gasteiger partial charge in [-0.25, -0.2) is 4.79 Å². The van der Waals surface area contributed by atoms with Gasteiger partial charge in [0.15, 0.2) is 0 Å². The van der Waals surface area contributed by atoms with E-state index in [1.54, 1.807) is 31.3 Å². The SMILES string of the molecule is CCCCC(=O)OC(C(=O)OCC)c1ccccn1. The zero-order valence-corrected chi connectivity index (χ0v) is 11.3. The fraction of sp³-hybridized carbons (Fsp3) is 0.500. The number of hydrogen-bond acceptors (Lipinski definition) is 5. The molecular formula is C14H19NO4. The Morgan fingerprint density at radius 1 is 1.32 bits per heavy atom. The number of pyridine rings is 1. The molecule has 5 heteroatoms. The van der Waals surface area contributed by atoms with Gasteiger partial charge < -0.3 is 9.47 Å². The fourth-order valence-corrected chi connectivity index (χ4v) is 1.49. The maximum Gasteiger partial charge on any atom is 0.353 e. The van der Waals surface area contributed by atoms with Crippen LogP contribution in [0.4, 0.5) is 0 Å². The van der Waals surface area contributed by atoms with E-state index in [4.69, 9.17) is 9.47 Å². The number of ether oxygens (including phenoxy) is 2. The highest BCUT2D eigenvalue weighted by Gasteiger charge is 2.27. The van der Waals surface area contributed by atoms with Crippen molar-refractivity contribution in [3.8, 4) is 0 Å². The van der Waals surface area contributed by atoms with Crippen molar-refractivity contribution in [3.63, 3.8) is 0 Å². The summed E-state index contributed by atoms with van der Waals surface area (Å²) in [5, 5.41) is 0. The number of carbonyl (C=O) groups excluding carboxylic acids is 2. The molecule has 0 aliphatic rings. The molecule has 0 aromatic carbocycles. The number of unbranched alkanes of at least 4 members (excludes halogenated alkanes) is 1. The number of hydrogen-bond donors (Lipinski definition) is 0. The van der Waals surface area contributed by atoms with Gasteiger partial charge in [-0.2, -0.15) is 0 Å². The van der Waals surface area contributed by atoms with Gasteiger partial charge in [0.05, 0.1) is 12.3 Å². The summed E-state index contributed by atoms with van der Waals surface area (Å²) in [7, 11) is 0. The number of carbonyl (C=O) groups is 2. The molecule has 0 saturated heterocycles. The molecule has 19 heavy (non-hydrogen) atoms. The Hall–Kier alpha value is -1.91. The van der Waals surface area contributed by atoms with Crippen LogP contribution in [0.25, 0.3) is 0 Å². The lowest BCUT2D eigenvalue weighted by atomic mass is 10.2. The van der Waals surface area contributed by atoms with Crippen LogP contribution in [0.2, 0.25) is 0 Å². The van der Waals surface area contributed by atoms with Crippen LogP contribution in [0, 0.1) is 0 Å². The Morgan fingerprint density at radius 2 is 2.11 bits per heavy atom. The molecule has 0 saturated carbocycles. The summed E-state index contributed by atoms with van der Waals surface area (Å²) in [4.78, 5) is 27.5. The number of esters is 2. The van der Waals surface area contributed by atoms with Crippen molar-refractivity contribution in [2.24, 2.45) is 0 Å². The molecule has 0 aliphatic heterocycles. The lowest BCUT2D eigenvalue weighted by Gasteiger charge is -2.15. The van der Waals surface area contributed by atoms with Crippen molar-refractivity contribution in [2.45, 2.75) is 39.2 Å². The third kappa shape index (κ3) is 5.07. The first-order chi connectivity index (χ1) is 9.19. The van der Waals surface area contributed by atoms with Crippen LogP contribution in [-0.2, 0) is 19.1 Å². The Labute approximate surface area is 112 Å². The van der Waals surface area contributed by atoms with E-state index in [2.05, 4.69) is 4.98 Å². The molecular weight excluding hydrogens is 246 g/mol. The minimum absolute atomic E-state index is 0.231. The molecule has 1 aromatic heterocycles. The summed E-state index contributed by atoms with van der Waals surface area (Å²) < 4.78 is 10.1. The van der Waals surface area contributed by atoms with Crippen LogP contribution in [0.15, 0.2) is 24.4 Å². The molecule has 0 radical (unpaired) electrons. The van der Waals surface area contributed by atoms with Crippen molar-refractivity contribution in [3.05, 3.63) is 30.1 Å². The zero-order chi connectivity index (χ0) is 14.1. The van der Waals surface area contributed by atoms with Crippen molar-refractivity contribution in [1.82, 2.24) is 4.98 Å². The van der Waals surface area contributed by atoms with Gasteiger partial charge in [-0.1, -0.05) is 19.4 Å². The molecule has 1 heterocycles. The average Bonchev–Trinajstić information content (AvgIpc) is 2.43. The molecule has 0 bridgehead atoms. The number of rotatable bonds is 7. The maximum absolute atomic E-state index is 11.8. The Balaban J connectivity index is 2.76. The minimum Gasteiger partial charge on any atom is -0.463 e. The second-order valence-electron chi connectivity index (χ2n) is 3.98. The quantitative estimate of drug-likeness (QED) is 0.708. The van der Waals surface area contributed by atoms with E-state index in [0.29, 0.717) is 12.1 Å². The molecule has 0 aliphatic carbocycles. The predicted octanol–water partition coefficient (Wildman–Crippen LogP) is 2.42. The van der Waals surface area contributed by atoms with Crippen molar-refractivity contribution in [2.75, 3.05) is 6.61 Å². The number of nitrogens with zero attached hydrogens (tertiary/aromatic N) is 1. The summed E-state index contributed by atoms with van der Waals surface area (Å²) in [5.41, 5.74) is 0.380. The summed E-state index contributed by atoms with van der Waals surface area (Å²) in [6.45, 7) is 3.91. The zero-order valence-electron chi connectivity index (χ0n) is 11.3. The molecule has 1 aromatic rings. The topological polar surface area (TPSA) is 65.5 Å². The van der Waals surface area contributed by atoms with Crippen molar-refractivity contribution in [1.29, 1.82) is 0 Å². The average molecular weight is 265 g/mol. The van der Waals surface area contributed by atoms with Gasteiger partial charge >= 0.3 is 11.9 Å². The van der Waals surface area contributed by atoms with Gasteiger partial charge in [0.25, 0.3) is 0 Å². The van der Waals surface area contributed by atoms with Crippen LogP contribution in [0.1, 0.15) is 44.9 Å². The first kappa shape index (κ1) is 15.1. The molecule has 0 fully saturated rings. The molecule has 1 atom stereocenters. The van der Waals surface area contributed by atoms with Crippen LogP contribution < -0.4 is 0 Å². The van der Waals surface area contributed by atoms with Gasteiger partial charge in [0.1, 0.15) is 0 Å². The van der Waals surface area contributed by atoms with E-state index in [0.717, 1.165) is 12.8 Å². The maximum atomic E-state index is 11.8.